The summed E-state index contributed by atoms with van der Waals surface area (Å²) in [4.78, 5) is 3.01. The van der Waals surface area contributed by atoms with E-state index in [0.717, 1.165) is 18.5 Å². The second-order valence-electron chi connectivity index (χ2n) is 5.63. The number of hydrogen-bond acceptors (Lipinski definition) is 2. The number of fused-ring (bicyclic) bond motifs is 1. The minimum Gasteiger partial charge on any atom is -0.309 e. The van der Waals surface area contributed by atoms with Crippen LogP contribution in [-0.2, 0) is 25.8 Å². The highest BCUT2D eigenvalue weighted by atomic mass is 32.1. The van der Waals surface area contributed by atoms with Gasteiger partial charge in [0.2, 0.25) is 0 Å². The highest BCUT2D eigenvalue weighted by molar-refractivity contribution is 7.12. The van der Waals surface area contributed by atoms with Crippen molar-refractivity contribution in [3.8, 4) is 0 Å². The van der Waals surface area contributed by atoms with Crippen LogP contribution in [0.3, 0.4) is 0 Å². The average Bonchev–Trinajstić information content (AvgIpc) is 2.97. The van der Waals surface area contributed by atoms with Crippen molar-refractivity contribution in [1.82, 2.24) is 5.32 Å². The fourth-order valence-electron chi connectivity index (χ4n) is 2.84. The lowest BCUT2D eigenvalue weighted by molar-refractivity contribution is 0.546. The Balaban J connectivity index is 1.52. The van der Waals surface area contributed by atoms with Crippen molar-refractivity contribution >= 4 is 11.3 Å². The Kier molecular flexibility index (Phi) is 4.18. The third-order valence-corrected chi connectivity index (χ3v) is 5.09. The molecule has 2 aromatic rings. The quantitative estimate of drug-likeness (QED) is 0.874. The number of thiophene rings is 1. The predicted molar refractivity (Wildman–Crippen MR) is 82.7 cm³/mol. The van der Waals surface area contributed by atoms with Gasteiger partial charge in [0.15, 0.2) is 0 Å². The zero-order valence-corrected chi connectivity index (χ0v) is 12.6. The summed E-state index contributed by atoms with van der Waals surface area (Å²) in [5.74, 6) is -0.149. The van der Waals surface area contributed by atoms with Crippen LogP contribution < -0.4 is 5.32 Å². The molecule has 0 saturated carbocycles. The van der Waals surface area contributed by atoms with E-state index in [-0.39, 0.29) is 5.82 Å². The van der Waals surface area contributed by atoms with Gasteiger partial charge in [-0.3, -0.25) is 0 Å². The Hall–Kier alpha value is -1.19. The van der Waals surface area contributed by atoms with Crippen LogP contribution in [-0.4, -0.2) is 6.04 Å². The highest BCUT2D eigenvalue weighted by Gasteiger charge is 2.14. The van der Waals surface area contributed by atoms with Crippen LogP contribution in [0.5, 0.6) is 0 Å². The molecule has 3 heteroatoms. The number of benzene rings is 1. The van der Waals surface area contributed by atoms with Gasteiger partial charge < -0.3 is 5.32 Å². The van der Waals surface area contributed by atoms with E-state index in [2.05, 4.69) is 18.3 Å². The van der Waals surface area contributed by atoms with E-state index in [1.807, 2.05) is 17.4 Å². The number of hydrogen-bond donors (Lipinski definition) is 1. The molecular formula is C17H20FNS. The van der Waals surface area contributed by atoms with Crippen LogP contribution in [0.1, 0.15) is 34.2 Å². The predicted octanol–water partition coefficient (Wildman–Crippen LogP) is 4.10. The van der Waals surface area contributed by atoms with E-state index < -0.39 is 0 Å². The van der Waals surface area contributed by atoms with Crippen LogP contribution in [0, 0.1) is 5.82 Å². The van der Waals surface area contributed by atoms with Gasteiger partial charge in [-0.25, -0.2) is 4.39 Å². The van der Waals surface area contributed by atoms with Crippen molar-refractivity contribution < 1.29 is 4.39 Å². The largest absolute Gasteiger partial charge is 0.309 e. The van der Waals surface area contributed by atoms with E-state index in [0.29, 0.717) is 6.04 Å². The third-order valence-electron chi connectivity index (χ3n) is 3.85. The lowest BCUT2D eigenvalue weighted by Gasteiger charge is -2.13. The molecule has 3 rings (SSSR count). The Labute approximate surface area is 123 Å². The molecular weight excluding hydrogens is 269 g/mol. The van der Waals surface area contributed by atoms with E-state index in [9.17, 15) is 4.39 Å². The Bertz CT molecular complexity index is 569. The number of halogens is 1. The fourth-order valence-corrected chi connectivity index (χ4v) is 4.05. The number of nitrogens with one attached hydrogen (secondary N) is 1. The second kappa shape index (κ2) is 6.06. The van der Waals surface area contributed by atoms with Gasteiger partial charge in [0.25, 0.3) is 0 Å². The summed E-state index contributed by atoms with van der Waals surface area (Å²) >= 11 is 1.95. The molecule has 1 aliphatic carbocycles. The Morgan fingerprint density at radius 3 is 3.00 bits per heavy atom. The first kappa shape index (κ1) is 13.8. The van der Waals surface area contributed by atoms with Gasteiger partial charge in [-0.2, -0.15) is 0 Å². The van der Waals surface area contributed by atoms with E-state index >= 15 is 0 Å². The minimum atomic E-state index is -0.149. The first-order valence-electron chi connectivity index (χ1n) is 7.29. The molecule has 0 aliphatic heterocycles. The lowest BCUT2D eigenvalue weighted by atomic mass is 10.1. The summed E-state index contributed by atoms with van der Waals surface area (Å²) in [6.07, 6.45) is 4.71. The van der Waals surface area contributed by atoms with Gasteiger partial charge in [-0.05, 0) is 61.9 Å². The van der Waals surface area contributed by atoms with Crippen LogP contribution in [0.2, 0.25) is 0 Å². The van der Waals surface area contributed by atoms with Gasteiger partial charge in [-0.15, -0.1) is 11.3 Å². The molecule has 1 nitrogen and oxygen atoms in total. The summed E-state index contributed by atoms with van der Waals surface area (Å²) in [6.45, 7) is 3.08. The van der Waals surface area contributed by atoms with Gasteiger partial charge >= 0.3 is 0 Å². The maximum absolute atomic E-state index is 13.1. The van der Waals surface area contributed by atoms with Crippen molar-refractivity contribution in [1.29, 1.82) is 0 Å². The maximum Gasteiger partial charge on any atom is 0.123 e. The molecule has 0 amide bonds. The van der Waals surface area contributed by atoms with Gasteiger partial charge in [-0.1, -0.05) is 12.1 Å². The molecule has 1 aromatic heterocycles. The van der Waals surface area contributed by atoms with Crippen LogP contribution in [0.4, 0.5) is 4.39 Å². The number of aryl methyl sites for hydroxylation is 2. The second-order valence-corrected chi connectivity index (χ2v) is 6.85. The molecule has 106 valence electrons. The average molecular weight is 289 g/mol. The summed E-state index contributed by atoms with van der Waals surface area (Å²) < 4.78 is 13.1. The molecule has 1 aliphatic rings. The molecule has 1 aromatic carbocycles. The zero-order chi connectivity index (χ0) is 13.9. The van der Waals surface area contributed by atoms with Crippen molar-refractivity contribution in [3.05, 3.63) is 57.0 Å². The monoisotopic (exact) mass is 289 g/mol. The molecule has 1 unspecified atom stereocenters. The van der Waals surface area contributed by atoms with Gasteiger partial charge in [0.1, 0.15) is 5.82 Å². The lowest BCUT2D eigenvalue weighted by Crippen LogP contribution is -2.27. The van der Waals surface area contributed by atoms with Crippen molar-refractivity contribution in [3.63, 3.8) is 0 Å². The van der Waals surface area contributed by atoms with Gasteiger partial charge in [0.05, 0.1) is 0 Å². The molecule has 0 radical (unpaired) electrons. The molecule has 1 N–H and O–H groups in total. The van der Waals surface area contributed by atoms with E-state index in [1.54, 1.807) is 22.6 Å². The van der Waals surface area contributed by atoms with E-state index in [4.69, 9.17) is 0 Å². The van der Waals surface area contributed by atoms with Crippen LogP contribution in [0.15, 0.2) is 30.3 Å². The number of rotatable bonds is 5. The third kappa shape index (κ3) is 3.28. The Morgan fingerprint density at radius 2 is 2.20 bits per heavy atom. The normalized spacial score (nSPS) is 15.3. The summed E-state index contributed by atoms with van der Waals surface area (Å²) in [6, 6.07) is 9.60. The Morgan fingerprint density at radius 1 is 1.30 bits per heavy atom. The molecule has 1 atom stereocenters. The molecule has 1 heterocycles. The standard InChI is InChI=1S/C17H20FNS/c1-12(8-13-4-2-6-15(18)9-13)19-11-16-10-14-5-3-7-17(14)20-16/h2,4,6,9-10,12,19H,3,5,7-8,11H2,1H3. The smallest absolute Gasteiger partial charge is 0.123 e. The fraction of sp³-hybridized carbons (Fsp3) is 0.412. The molecule has 0 fully saturated rings. The zero-order valence-electron chi connectivity index (χ0n) is 11.8. The van der Waals surface area contributed by atoms with Crippen LogP contribution in [0.25, 0.3) is 0 Å². The molecule has 0 saturated heterocycles. The maximum atomic E-state index is 13.1. The molecule has 0 bridgehead atoms. The topological polar surface area (TPSA) is 12.0 Å². The molecule has 0 spiro atoms. The first-order chi connectivity index (χ1) is 9.70. The van der Waals surface area contributed by atoms with Gasteiger partial charge in [0, 0.05) is 22.3 Å². The first-order valence-corrected chi connectivity index (χ1v) is 8.10. The summed E-state index contributed by atoms with van der Waals surface area (Å²) in [7, 11) is 0. The minimum absolute atomic E-state index is 0.149. The summed E-state index contributed by atoms with van der Waals surface area (Å²) in [5, 5.41) is 3.54. The SMILES string of the molecule is CC(Cc1cccc(F)c1)NCc1cc2c(s1)CCC2. The highest BCUT2D eigenvalue weighted by Crippen LogP contribution is 2.30. The van der Waals surface area contributed by atoms with Crippen molar-refractivity contribution in [2.45, 2.75) is 45.2 Å². The van der Waals surface area contributed by atoms with E-state index in [1.165, 1.54) is 30.2 Å². The van der Waals surface area contributed by atoms with Crippen molar-refractivity contribution in [2.75, 3.05) is 0 Å². The van der Waals surface area contributed by atoms with Crippen LogP contribution >= 0.6 is 11.3 Å². The summed E-state index contributed by atoms with van der Waals surface area (Å²) in [5.41, 5.74) is 2.61. The van der Waals surface area contributed by atoms with Crippen molar-refractivity contribution in [2.24, 2.45) is 0 Å². The molecule has 20 heavy (non-hydrogen) atoms.